The Bertz CT molecular complexity index is 260. The van der Waals surface area contributed by atoms with Crippen molar-refractivity contribution in [3.8, 4) is 0 Å². The number of hydrogen-bond donors (Lipinski definition) is 2. The number of aliphatic hydroxyl groups is 1. The fourth-order valence-corrected chi connectivity index (χ4v) is 1.49. The predicted molar refractivity (Wildman–Crippen MR) is 54.5 cm³/mol. The molecule has 0 aliphatic carbocycles. The van der Waals surface area contributed by atoms with E-state index in [0.717, 1.165) is 12.0 Å². The molecule has 1 rings (SSSR count). The molecule has 13 heavy (non-hydrogen) atoms. The van der Waals surface area contributed by atoms with Crippen LogP contribution >= 0.6 is 0 Å². The lowest BCUT2D eigenvalue weighted by molar-refractivity contribution is 0.169. The van der Waals surface area contributed by atoms with Crippen molar-refractivity contribution in [2.75, 3.05) is 6.54 Å². The zero-order valence-electron chi connectivity index (χ0n) is 8.03. The van der Waals surface area contributed by atoms with Crippen molar-refractivity contribution in [1.82, 2.24) is 0 Å². The molecular formula is C11H17NO. The van der Waals surface area contributed by atoms with E-state index in [1.54, 1.807) is 0 Å². The minimum Gasteiger partial charge on any atom is -0.388 e. The summed E-state index contributed by atoms with van der Waals surface area (Å²) in [5.41, 5.74) is 7.63. The van der Waals surface area contributed by atoms with Gasteiger partial charge in [0.1, 0.15) is 0 Å². The van der Waals surface area contributed by atoms with E-state index in [1.807, 2.05) is 18.2 Å². The number of aliphatic hydroxyl groups excluding tert-OH is 1. The summed E-state index contributed by atoms with van der Waals surface area (Å²) in [4.78, 5) is 0. The molecule has 0 saturated heterocycles. The summed E-state index contributed by atoms with van der Waals surface area (Å²) in [6.07, 6.45) is 1.19. The molecule has 0 aliphatic heterocycles. The number of aryl methyl sites for hydroxylation is 1. The van der Waals surface area contributed by atoms with Crippen molar-refractivity contribution < 1.29 is 5.11 Å². The van der Waals surface area contributed by atoms with Gasteiger partial charge in [0.15, 0.2) is 0 Å². The summed E-state index contributed by atoms with van der Waals surface area (Å²) in [6.45, 7) is 2.62. The molecule has 0 heterocycles. The maximum Gasteiger partial charge on any atom is 0.0804 e. The van der Waals surface area contributed by atoms with E-state index in [-0.39, 0.29) is 0 Å². The molecule has 1 unspecified atom stereocenters. The first-order valence-corrected chi connectivity index (χ1v) is 4.75. The van der Waals surface area contributed by atoms with Crippen molar-refractivity contribution in [2.45, 2.75) is 25.9 Å². The maximum atomic E-state index is 9.75. The van der Waals surface area contributed by atoms with Crippen molar-refractivity contribution >= 4 is 0 Å². The minimum absolute atomic E-state index is 0.402. The second-order valence-electron chi connectivity index (χ2n) is 3.15. The van der Waals surface area contributed by atoms with Crippen LogP contribution in [-0.2, 0) is 6.42 Å². The van der Waals surface area contributed by atoms with E-state index in [4.69, 9.17) is 5.73 Å². The number of hydrogen-bond acceptors (Lipinski definition) is 2. The second kappa shape index (κ2) is 5.00. The van der Waals surface area contributed by atoms with Gasteiger partial charge in [-0.1, -0.05) is 31.2 Å². The summed E-state index contributed by atoms with van der Waals surface area (Å²) >= 11 is 0. The van der Waals surface area contributed by atoms with Gasteiger partial charge in [-0.05, 0) is 30.5 Å². The van der Waals surface area contributed by atoms with Crippen molar-refractivity contribution in [2.24, 2.45) is 5.73 Å². The Morgan fingerprint density at radius 3 is 2.69 bits per heavy atom. The highest BCUT2D eigenvalue weighted by Gasteiger charge is 2.09. The molecule has 0 aromatic heterocycles. The first-order valence-electron chi connectivity index (χ1n) is 4.75. The van der Waals surface area contributed by atoms with Crippen LogP contribution in [0.15, 0.2) is 24.3 Å². The summed E-state index contributed by atoms with van der Waals surface area (Å²) in [7, 11) is 0. The molecule has 72 valence electrons. The van der Waals surface area contributed by atoms with E-state index in [1.165, 1.54) is 5.56 Å². The molecule has 1 aromatic rings. The Morgan fingerprint density at radius 1 is 1.38 bits per heavy atom. The van der Waals surface area contributed by atoms with Crippen LogP contribution in [0.25, 0.3) is 0 Å². The fraction of sp³-hybridized carbons (Fsp3) is 0.455. The first kappa shape index (κ1) is 10.2. The molecule has 3 N–H and O–H groups in total. The average Bonchev–Trinajstić information content (AvgIpc) is 2.18. The number of rotatable bonds is 4. The van der Waals surface area contributed by atoms with Crippen LogP contribution in [0.1, 0.15) is 30.6 Å². The third-order valence-electron chi connectivity index (χ3n) is 2.24. The van der Waals surface area contributed by atoms with E-state index in [9.17, 15) is 5.11 Å². The number of benzene rings is 1. The molecule has 0 aliphatic rings. The van der Waals surface area contributed by atoms with Crippen LogP contribution in [0.4, 0.5) is 0 Å². The quantitative estimate of drug-likeness (QED) is 0.738. The summed E-state index contributed by atoms with van der Waals surface area (Å²) in [5, 5.41) is 9.75. The molecule has 0 saturated carbocycles. The maximum absolute atomic E-state index is 9.75. The van der Waals surface area contributed by atoms with E-state index >= 15 is 0 Å². The van der Waals surface area contributed by atoms with Crippen LogP contribution in [0.5, 0.6) is 0 Å². The molecule has 2 heteroatoms. The molecule has 0 spiro atoms. The normalized spacial score (nSPS) is 12.8. The monoisotopic (exact) mass is 179 g/mol. The van der Waals surface area contributed by atoms with Gasteiger partial charge in [-0.25, -0.2) is 0 Å². The van der Waals surface area contributed by atoms with Gasteiger partial charge in [-0.15, -0.1) is 0 Å². The lowest BCUT2D eigenvalue weighted by Gasteiger charge is -2.13. The smallest absolute Gasteiger partial charge is 0.0804 e. The third kappa shape index (κ3) is 2.54. The molecule has 1 atom stereocenters. The van der Waals surface area contributed by atoms with Gasteiger partial charge in [-0.3, -0.25) is 0 Å². The Kier molecular flexibility index (Phi) is 3.93. The van der Waals surface area contributed by atoms with E-state index in [2.05, 4.69) is 13.0 Å². The zero-order chi connectivity index (χ0) is 9.68. The highest BCUT2D eigenvalue weighted by Crippen LogP contribution is 2.20. The van der Waals surface area contributed by atoms with Gasteiger partial charge in [0.2, 0.25) is 0 Å². The SMILES string of the molecule is CCc1ccccc1C(O)CCN. The van der Waals surface area contributed by atoms with Gasteiger partial charge in [0, 0.05) is 0 Å². The van der Waals surface area contributed by atoms with Crippen LogP contribution in [0.2, 0.25) is 0 Å². The van der Waals surface area contributed by atoms with Crippen molar-refractivity contribution in [3.05, 3.63) is 35.4 Å². The highest BCUT2D eigenvalue weighted by molar-refractivity contribution is 5.28. The molecule has 0 fully saturated rings. The minimum atomic E-state index is -0.402. The van der Waals surface area contributed by atoms with Crippen LogP contribution < -0.4 is 5.73 Å². The highest BCUT2D eigenvalue weighted by atomic mass is 16.3. The summed E-state index contributed by atoms with van der Waals surface area (Å²) in [6, 6.07) is 7.97. The molecule has 0 radical (unpaired) electrons. The second-order valence-corrected chi connectivity index (χ2v) is 3.15. The van der Waals surface area contributed by atoms with Gasteiger partial charge in [0.05, 0.1) is 6.10 Å². The van der Waals surface area contributed by atoms with Crippen LogP contribution in [0, 0.1) is 0 Å². The Labute approximate surface area is 79.4 Å². The number of nitrogens with two attached hydrogens (primary N) is 1. The molecule has 2 nitrogen and oxygen atoms in total. The third-order valence-corrected chi connectivity index (χ3v) is 2.24. The largest absolute Gasteiger partial charge is 0.388 e. The zero-order valence-corrected chi connectivity index (χ0v) is 8.03. The van der Waals surface area contributed by atoms with Gasteiger partial charge in [-0.2, -0.15) is 0 Å². The Balaban J connectivity index is 2.85. The molecule has 0 amide bonds. The summed E-state index contributed by atoms with van der Waals surface area (Å²) < 4.78 is 0. The fourth-order valence-electron chi connectivity index (χ4n) is 1.49. The Hall–Kier alpha value is -0.860. The van der Waals surface area contributed by atoms with E-state index in [0.29, 0.717) is 13.0 Å². The Morgan fingerprint density at radius 2 is 2.08 bits per heavy atom. The predicted octanol–water partition coefficient (Wildman–Crippen LogP) is 1.63. The first-order chi connectivity index (χ1) is 6.29. The standard InChI is InChI=1S/C11H17NO/c1-2-9-5-3-4-6-10(9)11(13)7-8-12/h3-6,11,13H,2,7-8,12H2,1H3. The van der Waals surface area contributed by atoms with Crippen molar-refractivity contribution in [3.63, 3.8) is 0 Å². The topological polar surface area (TPSA) is 46.2 Å². The van der Waals surface area contributed by atoms with Crippen LogP contribution in [-0.4, -0.2) is 11.7 Å². The molecule has 1 aromatic carbocycles. The molecule has 0 bridgehead atoms. The summed E-state index contributed by atoms with van der Waals surface area (Å²) in [5.74, 6) is 0. The van der Waals surface area contributed by atoms with Gasteiger partial charge >= 0.3 is 0 Å². The lowest BCUT2D eigenvalue weighted by Crippen LogP contribution is -2.08. The van der Waals surface area contributed by atoms with Crippen LogP contribution in [0.3, 0.4) is 0 Å². The lowest BCUT2D eigenvalue weighted by atomic mass is 9.99. The van der Waals surface area contributed by atoms with Crippen molar-refractivity contribution in [1.29, 1.82) is 0 Å². The average molecular weight is 179 g/mol. The van der Waals surface area contributed by atoms with Gasteiger partial charge in [0.25, 0.3) is 0 Å². The van der Waals surface area contributed by atoms with Gasteiger partial charge < -0.3 is 10.8 Å². The molecular weight excluding hydrogens is 162 g/mol. The van der Waals surface area contributed by atoms with E-state index < -0.39 is 6.10 Å².